The summed E-state index contributed by atoms with van der Waals surface area (Å²) in [5.74, 6) is 1.07. The zero-order chi connectivity index (χ0) is 20.2. The Morgan fingerprint density at radius 1 is 1.03 bits per heavy atom. The van der Waals surface area contributed by atoms with Gasteiger partial charge in [-0.05, 0) is 48.5 Å². The molecule has 0 bridgehead atoms. The lowest BCUT2D eigenvalue weighted by atomic mass is 10.2. The molecule has 0 saturated heterocycles. The van der Waals surface area contributed by atoms with Crippen molar-refractivity contribution < 1.29 is 12.8 Å². The summed E-state index contributed by atoms with van der Waals surface area (Å²) in [7, 11) is -3.74. The van der Waals surface area contributed by atoms with E-state index in [1.54, 1.807) is 34.7 Å². The molecule has 2 N–H and O–H groups in total. The molecule has 9 heteroatoms. The normalized spacial score (nSPS) is 12.9. The maximum Gasteiger partial charge on any atom is 0.275 e. The van der Waals surface area contributed by atoms with E-state index in [4.69, 9.17) is 9.56 Å². The Hall–Kier alpha value is -3.27. The Labute approximate surface area is 168 Å². The van der Waals surface area contributed by atoms with Gasteiger partial charge in [0, 0.05) is 11.6 Å². The van der Waals surface area contributed by atoms with Crippen LogP contribution in [0.3, 0.4) is 0 Å². The Bertz CT molecular complexity index is 1590. The van der Waals surface area contributed by atoms with Gasteiger partial charge in [-0.2, -0.15) is 0 Å². The molecule has 3 aromatic heterocycles. The van der Waals surface area contributed by atoms with Crippen LogP contribution in [0.25, 0.3) is 33.4 Å². The Morgan fingerprint density at radius 3 is 2.55 bits per heavy atom. The van der Waals surface area contributed by atoms with Crippen molar-refractivity contribution >= 4 is 43.4 Å². The Balaban J connectivity index is 1.55. The highest BCUT2D eigenvalue weighted by Gasteiger charge is 2.12. The molecule has 5 rings (SSSR count). The molecule has 0 amide bonds. The first-order chi connectivity index (χ1) is 13.9. The summed E-state index contributed by atoms with van der Waals surface area (Å²) < 4.78 is 30.7. The van der Waals surface area contributed by atoms with Crippen molar-refractivity contribution in [3.8, 4) is 11.3 Å². The number of furan rings is 1. The summed E-state index contributed by atoms with van der Waals surface area (Å²) in [5, 5.41) is 5.12. The number of para-hydroxylation sites is 2. The van der Waals surface area contributed by atoms with Gasteiger partial charge in [-0.1, -0.05) is 23.5 Å². The predicted octanol–water partition coefficient (Wildman–Crippen LogP) is 2.36. The van der Waals surface area contributed by atoms with Gasteiger partial charge in [-0.15, -0.1) is 0 Å². The van der Waals surface area contributed by atoms with Crippen molar-refractivity contribution in [2.24, 2.45) is 5.14 Å². The average Bonchev–Trinajstić information content (AvgIpc) is 3.37. The molecule has 5 aromatic rings. The molecule has 0 atom stereocenters. The number of thiazole rings is 1. The van der Waals surface area contributed by atoms with Gasteiger partial charge in [-0.3, -0.25) is 4.79 Å². The summed E-state index contributed by atoms with van der Waals surface area (Å²) in [6.07, 6.45) is 1.68. The number of hydrogen-bond donors (Lipinski definition) is 1. The lowest BCUT2D eigenvalue weighted by Crippen LogP contribution is -2.22. The SMILES string of the molecule is NS(=O)(=O)c1ccc(-c2ccc(/C=c3/sc4nc5ccccc5n4c3=O)o2)cc1. The van der Waals surface area contributed by atoms with E-state index in [-0.39, 0.29) is 10.5 Å². The van der Waals surface area contributed by atoms with Crippen LogP contribution in [-0.2, 0) is 10.0 Å². The molecule has 0 spiro atoms. The highest BCUT2D eigenvalue weighted by molar-refractivity contribution is 7.89. The molecule has 0 fully saturated rings. The Kier molecular flexibility index (Phi) is 3.91. The van der Waals surface area contributed by atoms with Gasteiger partial charge < -0.3 is 4.42 Å². The number of nitrogens with two attached hydrogens (primary N) is 1. The second kappa shape index (κ2) is 6.38. The van der Waals surface area contributed by atoms with E-state index in [9.17, 15) is 13.2 Å². The van der Waals surface area contributed by atoms with Crippen LogP contribution in [0.15, 0.2) is 74.8 Å². The molecule has 0 unspecified atom stereocenters. The van der Waals surface area contributed by atoms with Gasteiger partial charge in [0.05, 0.1) is 15.9 Å². The van der Waals surface area contributed by atoms with Crippen molar-refractivity contribution in [1.82, 2.24) is 9.38 Å². The molecule has 0 aliphatic carbocycles. The van der Waals surface area contributed by atoms with Crippen molar-refractivity contribution in [3.05, 3.63) is 81.3 Å². The van der Waals surface area contributed by atoms with Crippen LogP contribution in [0.4, 0.5) is 0 Å². The van der Waals surface area contributed by atoms with E-state index < -0.39 is 10.0 Å². The quantitative estimate of drug-likeness (QED) is 0.479. The lowest BCUT2D eigenvalue weighted by Gasteiger charge is -2.00. The van der Waals surface area contributed by atoms with Crippen molar-refractivity contribution in [3.63, 3.8) is 0 Å². The molecule has 0 aliphatic heterocycles. The summed E-state index contributed by atoms with van der Waals surface area (Å²) in [5.41, 5.74) is 2.12. The second-order valence-corrected chi connectivity index (χ2v) is 8.98. The summed E-state index contributed by atoms with van der Waals surface area (Å²) in [6.45, 7) is 0. The second-order valence-electron chi connectivity index (χ2n) is 6.41. The third-order valence-corrected chi connectivity index (χ3v) is 6.41. The fourth-order valence-corrected chi connectivity index (χ4v) is 4.62. The number of aromatic nitrogens is 2. The van der Waals surface area contributed by atoms with Gasteiger partial charge in [0.25, 0.3) is 5.56 Å². The molecular weight excluding hydrogens is 410 g/mol. The summed E-state index contributed by atoms with van der Waals surface area (Å²) >= 11 is 1.30. The number of sulfonamides is 1. The van der Waals surface area contributed by atoms with E-state index in [2.05, 4.69) is 4.98 Å². The van der Waals surface area contributed by atoms with E-state index in [0.29, 0.717) is 26.6 Å². The predicted molar refractivity (Wildman–Crippen MR) is 111 cm³/mol. The third-order valence-electron chi connectivity index (χ3n) is 4.51. The fourth-order valence-electron chi connectivity index (χ4n) is 3.14. The van der Waals surface area contributed by atoms with Gasteiger partial charge in [-0.25, -0.2) is 22.9 Å². The Morgan fingerprint density at radius 2 is 1.79 bits per heavy atom. The van der Waals surface area contributed by atoms with Crippen LogP contribution in [-0.4, -0.2) is 17.8 Å². The van der Waals surface area contributed by atoms with Gasteiger partial charge in [0.2, 0.25) is 10.0 Å². The largest absolute Gasteiger partial charge is 0.457 e. The van der Waals surface area contributed by atoms with E-state index in [1.807, 2.05) is 24.3 Å². The number of benzene rings is 2. The number of nitrogens with zero attached hydrogens (tertiary/aromatic N) is 2. The molecule has 7 nitrogen and oxygen atoms in total. The molecule has 29 heavy (non-hydrogen) atoms. The maximum absolute atomic E-state index is 12.8. The molecule has 0 aliphatic rings. The summed E-state index contributed by atoms with van der Waals surface area (Å²) in [4.78, 5) is 18.0. The summed E-state index contributed by atoms with van der Waals surface area (Å²) in [6, 6.07) is 17.1. The van der Waals surface area contributed by atoms with Crippen LogP contribution < -0.4 is 15.2 Å². The first-order valence-electron chi connectivity index (χ1n) is 8.55. The zero-order valence-corrected chi connectivity index (χ0v) is 16.4. The lowest BCUT2D eigenvalue weighted by molar-refractivity contribution is 0.571. The van der Waals surface area contributed by atoms with Crippen LogP contribution in [0, 0.1) is 0 Å². The number of imidazole rings is 1. The zero-order valence-electron chi connectivity index (χ0n) is 14.8. The van der Waals surface area contributed by atoms with Gasteiger partial charge in [0.1, 0.15) is 16.1 Å². The van der Waals surface area contributed by atoms with E-state index in [0.717, 1.165) is 11.0 Å². The molecule has 3 heterocycles. The van der Waals surface area contributed by atoms with Crippen LogP contribution in [0.1, 0.15) is 5.76 Å². The van der Waals surface area contributed by atoms with Crippen molar-refractivity contribution in [2.45, 2.75) is 4.90 Å². The molecule has 0 radical (unpaired) electrons. The number of rotatable bonds is 3. The van der Waals surface area contributed by atoms with Gasteiger partial charge >= 0.3 is 0 Å². The average molecular weight is 423 g/mol. The van der Waals surface area contributed by atoms with E-state index >= 15 is 0 Å². The standard InChI is InChI=1S/C20H13N3O4S2/c21-29(25,26)14-8-5-12(6-9-14)17-10-7-13(27-17)11-18-19(24)23-16-4-2-1-3-15(16)22-20(23)28-18/h1-11H,(H2,21,25,26)/b18-11+. The highest BCUT2D eigenvalue weighted by Crippen LogP contribution is 2.24. The number of hydrogen-bond acceptors (Lipinski definition) is 6. The topological polar surface area (TPSA) is 108 Å². The van der Waals surface area contributed by atoms with Crippen molar-refractivity contribution in [2.75, 3.05) is 0 Å². The molecular formula is C20H13N3O4S2. The fraction of sp³-hybridized carbons (Fsp3) is 0. The van der Waals surface area contributed by atoms with Crippen molar-refractivity contribution in [1.29, 1.82) is 0 Å². The minimum Gasteiger partial charge on any atom is -0.457 e. The van der Waals surface area contributed by atoms with Crippen LogP contribution in [0.5, 0.6) is 0 Å². The molecule has 144 valence electrons. The minimum atomic E-state index is -3.74. The smallest absolute Gasteiger partial charge is 0.275 e. The van der Waals surface area contributed by atoms with Gasteiger partial charge in [0.15, 0.2) is 4.96 Å². The molecule has 2 aromatic carbocycles. The first kappa shape index (κ1) is 17.8. The van der Waals surface area contributed by atoms with E-state index in [1.165, 1.54) is 23.5 Å². The maximum atomic E-state index is 12.8. The van der Waals surface area contributed by atoms with Crippen LogP contribution >= 0.6 is 11.3 Å². The molecule has 0 saturated carbocycles. The number of fused-ring (bicyclic) bond motifs is 3. The first-order valence-corrected chi connectivity index (χ1v) is 10.9. The highest BCUT2D eigenvalue weighted by atomic mass is 32.2. The monoisotopic (exact) mass is 423 g/mol. The third kappa shape index (κ3) is 3.05. The van der Waals surface area contributed by atoms with Crippen LogP contribution in [0.2, 0.25) is 0 Å². The minimum absolute atomic E-state index is 0.0322. The number of primary sulfonamides is 1.